The van der Waals surface area contributed by atoms with Gasteiger partial charge in [0.25, 0.3) is 0 Å². The second kappa shape index (κ2) is 9.33. The lowest BCUT2D eigenvalue weighted by Gasteiger charge is -2.22. The minimum atomic E-state index is 0.507. The van der Waals surface area contributed by atoms with Crippen LogP contribution in [0.3, 0.4) is 0 Å². The number of ether oxygens (including phenoxy) is 1. The molecule has 0 amide bonds. The van der Waals surface area contributed by atoms with Crippen LogP contribution in [0, 0.1) is 0 Å². The number of halogens is 1. The van der Waals surface area contributed by atoms with Crippen molar-refractivity contribution in [2.75, 3.05) is 27.2 Å². The summed E-state index contributed by atoms with van der Waals surface area (Å²) in [7, 11) is 5.95. The highest BCUT2D eigenvalue weighted by Crippen LogP contribution is 2.20. The van der Waals surface area contributed by atoms with Crippen molar-refractivity contribution in [3.8, 4) is 0 Å². The van der Waals surface area contributed by atoms with Crippen LogP contribution in [-0.2, 0) is 18.3 Å². The number of aromatic nitrogens is 1. The van der Waals surface area contributed by atoms with E-state index in [9.17, 15) is 0 Å². The van der Waals surface area contributed by atoms with Crippen molar-refractivity contribution < 1.29 is 4.74 Å². The first-order valence-corrected chi connectivity index (χ1v) is 9.23. The second-order valence-corrected chi connectivity index (χ2v) is 7.14. The summed E-state index contributed by atoms with van der Waals surface area (Å²) < 4.78 is 9.13. The Hall–Kier alpha value is -1.01. The largest absolute Gasteiger partial charge is 0.378 e. The molecule has 0 aliphatic heterocycles. The third-order valence-electron chi connectivity index (χ3n) is 4.31. The topological polar surface area (TPSA) is 41.8 Å². The van der Waals surface area contributed by atoms with Crippen molar-refractivity contribution in [2.45, 2.75) is 44.8 Å². The minimum absolute atomic E-state index is 0.507. The van der Waals surface area contributed by atoms with Crippen LogP contribution in [0.5, 0.6) is 0 Å². The predicted molar refractivity (Wildman–Crippen MR) is 98.8 cm³/mol. The third-order valence-corrected chi connectivity index (χ3v) is 4.74. The molecule has 0 saturated heterocycles. The Balaban J connectivity index is 1.68. The molecule has 1 aliphatic carbocycles. The van der Waals surface area contributed by atoms with Crippen molar-refractivity contribution in [1.82, 2.24) is 14.8 Å². The minimum Gasteiger partial charge on any atom is -0.378 e. The maximum absolute atomic E-state index is 5.89. The quantitative estimate of drug-likeness (QED) is 0.446. The van der Waals surface area contributed by atoms with Gasteiger partial charge in [-0.05, 0) is 41.3 Å². The molecule has 1 N–H and O–H groups in total. The third kappa shape index (κ3) is 5.84. The van der Waals surface area contributed by atoms with Crippen LogP contribution in [0.25, 0.3) is 0 Å². The Morgan fingerprint density at radius 1 is 1.48 bits per heavy atom. The highest BCUT2D eigenvalue weighted by Gasteiger charge is 2.14. The van der Waals surface area contributed by atoms with Gasteiger partial charge >= 0.3 is 0 Å². The van der Waals surface area contributed by atoms with Gasteiger partial charge < -0.3 is 19.5 Å². The molecular weight excluding hydrogens is 356 g/mol. The second-order valence-electron chi connectivity index (χ2n) is 6.22. The van der Waals surface area contributed by atoms with E-state index in [-0.39, 0.29) is 0 Å². The Bertz CT molecular complexity index is 509. The smallest absolute Gasteiger partial charge is 0.193 e. The molecule has 1 aliphatic rings. The normalized spacial score (nSPS) is 16.1. The fourth-order valence-electron chi connectivity index (χ4n) is 3.00. The summed E-state index contributed by atoms with van der Waals surface area (Å²) in [4.78, 5) is 6.50. The fraction of sp³-hybridized carbons (Fsp3) is 0.706. The van der Waals surface area contributed by atoms with Crippen molar-refractivity contribution >= 4 is 21.9 Å². The molecule has 1 heterocycles. The fourth-order valence-corrected chi connectivity index (χ4v) is 3.57. The number of guanidine groups is 1. The molecule has 130 valence electrons. The van der Waals surface area contributed by atoms with Gasteiger partial charge in [0.15, 0.2) is 5.96 Å². The zero-order chi connectivity index (χ0) is 16.7. The van der Waals surface area contributed by atoms with Gasteiger partial charge in [-0.2, -0.15) is 0 Å². The molecule has 1 fully saturated rings. The van der Waals surface area contributed by atoms with E-state index in [0.717, 1.165) is 36.5 Å². The maximum atomic E-state index is 5.89. The Morgan fingerprint density at radius 3 is 2.83 bits per heavy atom. The molecule has 1 aromatic rings. The summed E-state index contributed by atoms with van der Waals surface area (Å²) in [5.41, 5.74) is 1.24. The van der Waals surface area contributed by atoms with E-state index in [1.165, 1.54) is 31.4 Å². The van der Waals surface area contributed by atoms with Crippen LogP contribution < -0.4 is 5.32 Å². The SMILES string of the molecule is CN=C(NCCCOC1CCCC1)N(C)Cc1cc(Br)cn1C. The van der Waals surface area contributed by atoms with Crippen molar-refractivity contribution in [1.29, 1.82) is 0 Å². The molecule has 0 radical (unpaired) electrons. The number of hydrogen-bond donors (Lipinski definition) is 1. The molecule has 23 heavy (non-hydrogen) atoms. The van der Waals surface area contributed by atoms with Gasteiger partial charge in [0.05, 0.1) is 12.6 Å². The number of rotatable bonds is 7. The summed E-state index contributed by atoms with van der Waals surface area (Å²) in [5.74, 6) is 0.920. The van der Waals surface area contributed by atoms with Crippen LogP contribution in [-0.4, -0.2) is 48.8 Å². The maximum Gasteiger partial charge on any atom is 0.193 e. The van der Waals surface area contributed by atoms with Crippen LogP contribution in [0.2, 0.25) is 0 Å². The molecule has 5 nitrogen and oxygen atoms in total. The average molecular weight is 385 g/mol. The van der Waals surface area contributed by atoms with Gasteiger partial charge in [0.2, 0.25) is 0 Å². The first-order valence-electron chi connectivity index (χ1n) is 8.44. The highest BCUT2D eigenvalue weighted by atomic mass is 79.9. The molecule has 0 atom stereocenters. The molecule has 6 heteroatoms. The van der Waals surface area contributed by atoms with Gasteiger partial charge in [-0.1, -0.05) is 12.8 Å². The molecule has 0 bridgehead atoms. The molecule has 0 aromatic carbocycles. The molecular formula is C17H29BrN4O. The van der Waals surface area contributed by atoms with E-state index in [1.807, 2.05) is 7.05 Å². The number of aryl methyl sites for hydroxylation is 1. The van der Waals surface area contributed by atoms with E-state index < -0.39 is 0 Å². The van der Waals surface area contributed by atoms with Crippen molar-refractivity contribution in [3.63, 3.8) is 0 Å². The summed E-state index contributed by atoms with van der Waals surface area (Å²) in [6, 6.07) is 2.14. The van der Waals surface area contributed by atoms with Gasteiger partial charge in [0, 0.05) is 50.7 Å². The zero-order valence-corrected chi connectivity index (χ0v) is 16.1. The number of nitrogens with zero attached hydrogens (tertiary/aromatic N) is 3. The van der Waals surface area contributed by atoms with E-state index in [4.69, 9.17) is 4.74 Å². The van der Waals surface area contributed by atoms with E-state index in [2.05, 4.69) is 62.1 Å². The monoisotopic (exact) mass is 384 g/mol. The first-order chi connectivity index (χ1) is 11.1. The summed E-state index contributed by atoms with van der Waals surface area (Å²) >= 11 is 3.51. The Labute approximate surface area is 148 Å². The lowest BCUT2D eigenvalue weighted by atomic mass is 10.3. The number of aliphatic imine (C=N–C) groups is 1. The summed E-state index contributed by atoms with van der Waals surface area (Å²) in [6.45, 7) is 2.55. The highest BCUT2D eigenvalue weighted by molar-refractivity contribution is 9.10. The molecule has 1 saturated carbocycles. The van der Waals surface area contributed by atoms with Gasteiger partial charge in [0.1, 0.15) is 0 Å². The summed E-state index contributed by atoms with van der Waals surface area (Å²) in [6.07, 6.45) is 8.73. The van der Waals surface area contributed by atoms with E-state index in [1.54, 1.807) is 0 Å². The lowest BCUT2D eigenvalue weighted by molar-refractivity contribution is 0.0573. The van der Waals surface area contributed by atoms with Crippen LogP contribution >= 0.6 is 15.9 Å². The predicted octanol–water partition coefficient (Wildman–Crippen LogP) is 3.14. The van der Waals surface area contributed by atoms with Crippen LogP contribution in [0.1, 0.15) is 37.8 Å². The number of nitrogens with one attached hydrogen (secondary N) is 1. The molecule has 1 aromatic heterocycles. The average Bonchev–Trinajstić information content (AvgIpc) is 3.13. The molecule has 2 rings (SSSR count). The Kier molecular flexibility index (Phi) is 7.43. The standard InChI is InChI=1S/C17H29BrN4O/c1-19-17(20-9-6-10-23-16-7-4-5-8-16)22(3)13-15-11-14(18)12-21(15)2/h11-12,16H,4-10,13H2,1-3H3,(H,19,20). The van der Waals surface area contributed by atoms with E-state index in [0.29, 0.717) is 6.10 Å². The van der Waals surface area contributed by atoms with Gasteiger partial charge in [-0.15, -0.1) is 0 Å². The Morgan fingerprint density at radius 2 is 2.22 bits per heavy atom. The van der Waals surface area contributed by atoms with Gasteiger partial charge in [-0.3, -0.25) is 4.99 Å². The summed E-state index contributed by atoms with van der Waals surface area (Å²) in [5, 5.41) is 3.42. The molecule has 0 unspecified atom stereocenters. The van der Waals surface area contributed by atoms with Crippen molar-refractivity contribution in [3.05, 3.63) is 22.4 Å². The number of hydrogen-bond acceptors (Lipinski definition) is 2. The van der Waals surface area contributed by atoms with Crippen molar-refractivity contribution in [2.24, 2.45) is 12.0 Å². The van der Waals surface area contributed by atoms with Crippen LogP contribution in [0.15, 0.2) is 21.7 Å². The molecule has 0 spiro atoms. The van der Waals surface area contributed by atoms with Crippen LogP contribution in [0.4, 0.5) is 0 Å². The first kappa shape index (κ1) is 18.3. The lowest BCUT2D eigenvalue weighted by Crippen LogP contribution is -2.39. The van der Waals surface area contributed by atoms with Gasteiger partial charge in [-0.25, -0.2) is 0 Å². The zero-order valence-electron chi connectivity index (χ0n) is 14.5. The van der Waals surface area contributed by atoms with E-state index >= 15 is 0 Å².